The summed E-state index contributed by atoms with van der Waals surface area (Å²) in [5, 5.41) is 2.09. The molecule has 0 aliphatic carbocycles. The van der Waals surface area contributed by atoms with Crippen LogP contribution in [0.1, 0.15) is 41.6 Å². The Morgan fingerprint density at radius 1 is 1.16 bits per heavy atom. The molecule has 4 rings (SSSR count). The van der Waals surface area contributed by atoms with Crippen LogP contribution in [0.5, 0.6) is 0 Å². The summed E-state index contributed by atoms with van der Waals surface area (Å²) in [7, 11) is -3.66. The summed E-state index contributed by atoms with van der Waals surface area (Å²) in [6.07, 6.45) is 3.02. The van der Waals surface area contributed by atoms with Gasteiger partial charge >= 0.3 is 0 Å². The van der Waals surface area contributed by atoms with Crippen LogP contribution in [-0.4, -0.2) is 34.6 Å². The predicted octanol–water partition coefficient (Wildman–Crippen LogP) is 4.56. The van der Waals surface area contributed by atoms with Crippen molar-refractivity contribution in [1.82, 2.24) is 19.3 Å². The molecule has 7 nitrogen and oxygen atoms in total. The Hall–Kier alpha value is -2.78. The molecule has 4 aromatic rings. The molecule has 0 aliphatic heterocycles. The van der Waals surface area contributed by atoms with Crippen molar-refractivity contribution in [3.63, 3.8) is 0 Å². The van der Waals surface area contributed by atoms with Crippen molar-refractivity contribution in [2.24, 2.45) is 0 Å². The molecule has 2 aromatic heterocycles. The van der Waals surface area contributed by atoms with E-state index in [9.17, 15) is 13.2 Å². The van der Waals surface area contributed by atoms with Crippen LogP contribution >= 0.6 is 15.9 Å². The lowest BCUT2D eigenvalue weighted by Crippen LogP contribution is -2.32. The van der Waals surface area contributed by atoms with Crippen molar-refractivity contribution >= 4 is 53.7 Å². The van der Waals surface area contributed by atoms with E-state index >= 15 is 0 Å². The summed E-state index contributed by atoms with van der Waals surface area (Å²) in [6, 6.07) is 13.0. The number of sulfonamides is 1. The minimum absolute atomic E-state index is 0.0726. The Morgan fingerprint density at radius 3 is 2.66 bits per heavy atom. The third kappa shape index (κ3) is 4.54. The van der Waals surface area contributed by atoms with Crippen molar-refractivity contribution in [3.8, 4) is 0 Å². The van der Waals surface area contributed by atoms with Gasteiger partial charge in [-0.1, -0.05) is 37.6 Å². The maximum Gasteiger partial charge on any atom is 0.264 e. The number of nitrogens with one attached hydrogen (secondary N) is 1. The molecule has 0 saturated heterocycles. The number of benzene rings is 2. The van der Waals surface area contributed by atoms with Gasteiger partial charge in [0.1, 0.15) is 5.82 Å². The number of rotatable bonds is 7. The summed E-state index contributed by atoms with van der Waals surface area (Å²) in [5.41, 5.74) is 2.62. The van der Waals surface area contributed by atoms with Crippen LogP contribution in [0.25, 0.3) is 21.8 Å². The van der Waals surface area contributed by atoms with Gasteiger partial charge in [-0.2, -0.15) is 0 Å². The van der Waals surface area contributed by atoms with E-state index in [1.54, 1.807) is 24.4 Å². The van der Waals surface area contributed by atoms with Crippen LogP contribution in [-0.2, 0) is 16.6 Å². The smallest absolute Gasteiger partial charge is 0.264 e. The van der Waals surface area contributed by atoms with E-state index < -0.39 is 15.9 Å². The van der Waals surface area contributed by atoms with Crippen molar-refractivity contribution in [2.75, 3.05) is 5.75 Å². The second-order valence-electron chi connectivity index (χ2n) is 7.65. The highest BCUT2D eigenvalue weighted by molar-refractivity contribution is 9.10. The highest BCUT2D eigenvalue weighted by atomic mass is 79.9. The third-order valence-corrected chi connectivity index (χ3v) is 7.31. The second-order valence-corrected chi connectivity index (χ2v) is 10.3. The predicted molar refractivity (Wildman–Crippen MR) is 129 cm³/mol. The number of hydrogen-bond donors (Lipinski definition) is 1. The van der Waals surface area contributed by atoms with E-state index in [1.165, 1.54) is 0 Å². The third-order valence-electron chi connectivity index (χ3n) is 5.35. The van der Waals surface area contributed by atoms with E-state index in [4.69, 9.17) is 0 Å². The normalized spacial score (nSPS) is 11.8. The highest BCUT2D eigenvalue weighted by Gasteiger charge is 2.18. The molecular weight excluding hydrogens is 492 g/mol. The molecule has 0 bridgehead atoms. The Bertz CT molecular complexity index is 1430. The summed E-state index contributed by atoms with van der Waals surface area (Å²) in [4.78, 5) is 21.8. The van der Waals surface area contributed by atoms with Gasteiger partial charge < -0.3 is 4.57 Å². The first-order chi connectivity index (χ1) is 15.3. The quantitative estimate of drug-likeness (QED) is 0.390. The highest BCUT2D eigenvalue weighted by Crippen LogP contribution is 2.27. The maximum absolute atomic E-state index is 12.6. The largest absolute Gasteiger partial charge is 0.322 e. The standard InChI is InChI=1S/C23H23BrN4O3S/c1-3-4-11-32(30,31)27-23(29)16-9-10-20-22(12-16)28(15(2)26-20)14-21-18-8-6-5-7-17(18)19(24)13-25-21/h5-10,12-13H,3-4,11,14H2,1-2H3,(H,27,29). The number of carbonyl (C=O) groups excluding carboxylic acids is 1. The molecule has 0 radical (unpaired) electrons. The van der Waals surface area contributed by atoms with E-state index in [0.717, 1.165) is 44.2 Å². The molecule has 9 heteroatoms. The number of carbonyl (C=O) groups is 1. The zero-order valence-corrected chi connectivity index (χ0v) is 20.2. The number of pyridine rings is 1. The van der Waals surface area contributed by atoms with Crippen molar-refractivity contribution < 1.29 is 13.2 Å². The first kappa shape index (κ1) is 22.4. The Kier molecular flexibility index (Phi) is 6.30. The molecule has 2 heterocycles. The second kappa shape index (κ2) is 8.99. The number of hydrogen-bond acceptors (Lipinski definition) is 5. The average molecular weight is 515 g/mol. The summed E-state index contributed by atoms with van der Waals surface area (Å²) in [5.74, 6) is 0.0687. The van der Waals surface area contributed by atoms with Crippen molar-refractivity contribution in [2.45, 2.75) is 33.2 Å². The summed E-state index contributed by atoms with van der Waals surface area (Å²) < 4.78 is 29.4. The molecule has 166 valence electrons. The van der Waals surface area contributed by atoms with Crippen LogP contribution in [0.2, 0.25) is 0 Å². The maximum atomic E-state index is 12.6. The minimum Gasteiger partial charge on any atom is -0.322 e. The molecule has 0 aliphatic rings. The fourth-order valence-electron chi connectivity index (χ4n) is 3.66. The topological polar surface area (TPSA) is 94.0 Å². The lowest BCUT2D eigenvalue weighted by Gasteiger charge is -2.11. The van der Waals surface area contributed by atoms with Crippen LogP contribution < -0.4 is 4.72 Å². The van der Waals surface area contributed by atoms with Gasteiger partial charge in [-0.05, 0) is 52.9 Å². The van der Waals surface area contributed by atoms with Gasteiger partial charge in [0.15, 0.2) is 0 Å². The van der Waals surface area contributed by atoms with Gasteiger partial charge in [0.25, 0.3) is 5.91 Å². The number of aryl methyl sites for hydroxylation is 1. The van der Waals surface area contributed by atoms with Gasteiger partial charge in [0.2, 0.25) is 10.0 Å². The lowest BCUT2D eigenvalue weighted by atomic mass is 10.1. The molecule has 1 N–H and O–H groups in total. The molecule has 0 spiro atoms. The molecular formula is C23H23BrN4O3S. The Morgan fingerprint density at radius 2 is 1.91 bits per heavy atom. The van der Waals surface area contributed by atoms with E-state index in [1.807, 2.05) is 42.7 Å². The summed E-state index contributed by atoms with van der Waals surface area (Å²) in [6.45, 7) is 4.27. The van der Waals surface area contributed by atoms with Gasteiger partial charge in [0.05, 0.1) is 29.0 Å². The van der Waals surface area contributed by atoms with E-state index in [2.05, 4.69) is 30.6 Å². The van der Waals surface area contributed by atoms with Gasteiger partial charge in [0, 0.05) is 21.6 Å². The number of unbranched alkanes of at least 4 members (excludes halogenated alkanes) is 1. The van der Waals surface area contributed by atoms with Gasteiger partial charge in [-0.25, -0.2) is 18.1 Å². The van der Waals surface area contributed by atoms with Crippen molar-refractivity contribution in [1.29, 1.82) is 0 Å². The van der Waals surface area contributed by atoms with Crippen LogP contribution in [0, 0.1) is 6.92 Å². The monoisotopic (exact) mass is 514 g/mol. The first-order valence-corrected chi connectivity index (χ1v) is 12.8. The van der Waals surface area contributed by atoms with Crippen LogP contribution in [0.15, 0.2) is 53.1 Å². The minimum atomic E-state index is -3.66. The SMILES string of the molecule is CCCCS(=O)(=O)NC(=O)c1ccc2nc(C)n(Cc3ncc(Br)c4ccccc34)c2c1. The van der Waals surface area contributed by atoms with Crippen LogP contribution in [0.4, 0.5) is 0 Å². The number of aromatic nitrogens is 3. The average Bonchev–Trinajstić information content (AvgIpc) is 3.08. The number of halogens is 1. The molecule has 1 amide bonds. The molecule has 0 fully saturated rings. The lowest BCUT2D eigenvalue weighted by molar-refractivity contribution is 0.0981. The molecule has 0 atom stereocenters. The molecule has 2 aromatic carbocycles. The zero-order chi connectivity index (χ0) is 22.9. The van der Waals surface area contributed by atoms with Gasteiger partial charge in [-0.3, -0.25) is 9.78 Å². The number of fused-ring (bicyclic) bond motifs is 2. The summed E-state index contributed by atoms with van der Waals surface area (Å²) >= 11 is 3.55. The molecule has 0 saturated carbocycles. The fourth-order valence-corrected chi connectivity index (χ4v) is 5.28. The van der Waals surface area contributed by atoms with Crippen LogP contribution in [0.3, 0.4) is 0 Å². The number of nitrogens with zero attached hydrogens (tertiary/aromatic N) is 3. The van der Waals surface area contributed by atoms with E-state index in [-0.39, 0.29) is 11.3 Å². The zero-order valence-electron chi connectivity index (χ0n) is 17.8. The Balaban J connectivity index is 1.70. The first-order valence-electron chi connectivity index (χ1n) is 10.3. The molecule has 0 unspecified atom stereocenters. The number of imidazole rings is 1. The van der Waals surface area contributed by atoms with Gasteiger partial charge in [-0.15, -0.1) is 0 Å². The molecule has 32 heavy (non-hydrogen) atoms. The number of amides is 1. The van der Waals surface area contributed by atoms with Crippen molar-refractivity contribution in [3.05, 3.63) is 70.2 Å². The Labute approximate surface area is 195 Å². The van der Waals surface area contributed by atoms with E-state index in [0.29, 0.717) is 13.0 Å². The fraction of sp³-hybridized carbons (Fsp3) is 0.261.